The van der Waals surface area contributed by atoms with Crippen LogP contribution in [0, 0.1) is 0 Å². The molecule has 0 atom stereocenters. The Hall–Kier alpha value is 0.580. The molecular formula is C2Cl3F3O2. The number of hydrogen-bond donors (Lipinski definition) is 0. The molecule has 0 aromatic heterocycles. The van der Waals surface area contributed by atoms with Gasteiger partial charge in [0.1, 0.15) is 0 Å². The highest BCUT2D eigenvalue weighted by Gasteiger charge is 2.34. The van der Waals surface area contributed by atoms with Crippen molar-refractivity contribution in [3.8, 4) is 0 Å². The smallest absolute Gasteiger partial charge is 0.174 e. The van der Waals surface area contributed by atoms with Crippen molar-refractivity contribution in [1.82, 2.24) is 0 Å². The summed E-state index contributed by atoms with van der Waals surface area (Å²) in [4.78, 5) is 5.96. The van der Waals surface area contributed by atoms with Gasteiger partial charge in [-0.25, -0.2) is 0 Å². The average Bonchev–Trinajstić information content (AvgIpc) is 1.57. The largest absolute Gasteiger partial charge is 0.467 e. The number of hydrogen-bond acceptors (Lipinski definition) is 2. The van der Waals surface area contributed by atoms with Crippen molar-refractivity contribution in [2.24, 2.45) is 0 Å². The number of alkyl halides is 6. The second kappa shape index (κ2) is 3.32. The van der Waals surface area contributed by atoms with Crippen molar-refractivity contribution in [3.05, 3.63) is 0 Å². The molecule has 0 aliphatic heterocycles. The fraction of sp³-hybridized carbons (Fsp3) is 1.00. The zero-order valence-electron chi connectivity index (χ0n) is 4.08. The molecule has 62 valence electrons. The predicted molar refractivity (Wildman–Crippen MR) is 28.5 cm³/mol. The van der Waals surface area contributed by atoms with E-state index in [4.69, 9.17) is 0 Å². The quantitative estimate of drug-likeness (QED) is 0.413. The van der Waals surface area contributed by atoms with Crippen molar-refractivity contribution >= 4 is 34.8 Å². The summed E-state index contributed by atoms with van der Waals surface area (Å²) in [5.74, 6) is 0. The second-order valence-corrected chi connectivity index (χ2v) is 2.66. The third-order valence-electron chi connectivity index (χ3n) is 0.231. The first-order valence-corrected chi connectivity index (χ1v) is 2.84. The molecule has 0 amide bonds. The lowest BCUT2D eigenvalue weighted by Gasteiger charge is -2.11. The second-order valence-electron chi connectivity index (χ2n) is 1.06. The molecule has 0 saturated heterocycles. The van der Waals surface area contributed by atoms with Gasteiger partial charge in [0.25, 0.3) is 0 Å². The molecule has 10 heavy (non-hydrogen) atoms. The standard InChI is InChI=1S/C2Cl3F3O2/c3-1(4,6)9-10-2(5,7)8. The van der Waals surface area contributed by atoms with Crippen molar-refractivity contribution < 1.29 is 22.9 Å². The van der Waals surface area contributed by atoms with E-state index < -0.39 is 10.3 Å². The molecule has 2 nitrogen and oxygen atoms in total. The van der Waals surface area contributed by atoms with E-state index >= 15 is 0 Å². The molecule has 0 aliphatic rings. The van der Waals surface area contributed by atoms with Crippen LogP contribution in [0.3, 0.4) is 0 Å². The van der Waals surface area contributed by atoms with Gasteiger partial charge in [-0.2, -0.15) is 18.1 Å². The van der Waals surface area contributed by atoms with Crippen molar-refractivity contribution in [2.75, 3.05) is 0 Å². The van der Waals surface area contributed by atoms with Crippen molar-refractivity contribution in [2.45, 2.75) is 10.3 Å². The zero-order chi connectivity index (χ0) is 8.41. The molecule has 8 heteroatoms. The Labute approximate surface area is 68.7 Å². The zero-order valence-corrected chi connectivity index (χ0v) is 6.35. The fourth-order valence-electron chi connectivity index (χ4n) is 0.0945. The van der Waals surface area contributed by atoms with E-state index in [1.807, 2.05) is 0 Å². The molecule has 0 spiro atoms. The first kappa shape index (κ1) is 10.6. The molecule has 0 rings (SSSR count). The molecule has 0 saturated carbocycles. The highest BCUT2D eigenvalue weighted by atomic mass is 35.5. The van der Waals surface area contributed by atoms with Crippen LogP contribution in [0.2, 0.25) is 0 Å². The van der Waals surface area contributed by atoms with Gasteiger partial charge < -0.3 is 0 Å². The Bertz CT molecular complexity index is 93.3. The Morgan fingerprint density at radius 1 is 0.900 bits per heavy atom. The van der Waals surface area contributed by atoms with Crippen LogP contribution in [0.1, 0.15) is 0 Å². The third kappa shape index (κ3) is 8.58. The van der Waals surface area contributed by atoms with Crippen LogP contribution in [0.4, 0.5) is 13.2 Å². The summed E-state index contributed by atoms with van der Waals surface area (Å²) >= 11 is 12.9. The van der Waals surface area contributed by atoms with E-state index in [-0.39, 0.29) is 0 Å². The molecule has 0 aliphatic carbocycles. The van der Waals surface area contributed by atoms with Crippen LogP contribution in [-0.2, 0) is 9.78 Å². The number of halogens is 6. The first-order chi connectivity index (χ1) is 4.21. The maximum absolute atomic E-state index is 11.7. The average molecular weight is 219 g/mol. The molecule has 0 N–H and O–H groups in total. The summed E-state index contributed by atoms with van der Waals surface area (Å²) in [5, 5.41) is 0. The Morgan fingerprint density at radius 2 is 1.30 bits per heavy atom. The van der Waals surface area contributed by atoms with E-state index in [2.05, 4.69) is 44.6 Å². The summed E-state index contributed by atoms with van der Waals surface area (Å²) in [6.07, 6.45) is 0. The molecule has 0 heterocycles. The molecule has 0 unspecified atom stereocenters. The van der Waals surface area contributed by atoms with Gasteiger partial charge in [0.05, 0.1) is 0 Å². The Balaban J connectivity index is 3.56. The summed E-state index contributed by atoms with van der Waals surface area (Å²) in [7, 11) is 0. The van der Waals surface area contributed by atoms with Gasteiger partial charge in [0.2, 0.25) is 0 Å². The highest BCUT2D eigenvalue weighted by Crippen LogP contribution is 2.29. The molecule has 0 radical (unpaired) electrons. The summed E-state index contributed by atoms with van der Waals surface area (Å²) in [6, 6.07) is 0. The van der Waals surface area contributed by atoms with Crippen LogP contribution < -0.4 is 0 Å². The SMILES string of the molecule is FC(F)(Cl)OOC(F)(Cl)Cl. The molecular weight excluding hydrogens is 219 g/mol. The first-order valence-electron chi connectivity index (χ1n) is 1.71. The van der Waals surface area contributed by atoms with Crippen LogP contribution in [0.25, 0.3) is 0 Å². The van der Waals surface area contributed by atoms with E-state index in [1.54, 1.807) is 0 Å². The molecule has 0 fully saturated rings. The van der Waals surface area contributed by atoms with Crippen molar-refractivity contribution in [3.63, 3.8) is 0 Å². The van der Waals surface area contributed by atoms with Gasteiger partial charge in [-0.1, -0.05) is 0 Å². The molecule has 0 bridgehead atoms. The summed E-state index contributed by atoms with van der Waals surface area (Å²) in [5.41, 5.74) is -4.15. The summed E-state index contributed by atoms with van der Waals surface area (Å²) < 4.78 is 31.1. The lowest BCUT2D eigenvalue weighted by Crippen LogP contribution is -2.19. The van der Waals surface area contributed by atoms with Crippen LogP contribution in [0.15, 0.2) is 0 Å². The van der Waals surface area contributed by atoms with E-state index in [0.717, 1.165) is 0 Å². The monoisotopic (exact) mass is 218 g/mol. The third-order valence-corrected chi connectivity index (χ3v) is 0.420. The lowest BCUT2D eigenvalue weighted by molar-refractivity contribution is -0.435. The van der Waals surface area contributed by atoms with Gasteiger partial charge in [-0.3, -0.25) is 0 Å². The minimum Gasteiger partial charge on any atom is -0.174 e. The Kier molecular flexibility index (Phi) is 3.51. The van der Waals surface area contributed by atoms with Gasteiger partial charge in [-0.15, -0.1) is 4.89 Å². The predicted octanol–water partition coefficient (Wildman–Crippen LogP) is 2.78. The van der Waals surface area contributed by atoms with Crippen LogP contribution in [-0.4, -0.2) is 10.3 Å². The maximum Gasteiger partial charge on any atom is 0.467 e. The minimum atomic E-state index is -4.15. The van der Waals surface area contributed by atoms with Crippen LogP contribution >= 0.6 is 34.8 Å². The number of rotatable bonds is 3. The normalized spacial score (nSPS) is 13.8. The highest BCUT2D eigenvalue weighted by molar-refractivity contribution is 6.45. The van der Waals surface area contributed by atoms with E-state index in [1.165, 1.54) is 0 Å². The van der Waals surface area contributed by atoms with Gasteiger partial charge in [0, 0.05) is 0 Å². The van der Waals surface area contributed by atoms with Gasteiger partial charge in [-0.05, 0) is 34.8 Å². The van der Waals surface area contributed by atoms with E-state index in [0.29, 0.717) is 0 Å². The molecule has 0 aromatic carbocycles. The maximum atomic E-state index is 11.7. The summed E-state index contributed by atoms with van der Waals surface area (Å²) in [6.45, 7) is 0. The van der Waals surface area contributed by atoms with E-state index in [9.17, 15) is 13.2 Å². The Morgan fingerprint density at radius 3 is 1.40 bits per heavy atom. The topological polar surface area (TPSA) is 18.5 Å². The van der Waals surface area contributed by atoms with Gasteiger partial charge >= 0.3 is 10.3 Å². The minimum absolute atomic E-state index is 2.89. The van der Waals surface area contributed by atoms with Gasteiger partial charge in [0.15, 0.2) is 0 Å². The molecule has 0 aromatic rings. The van der Waals surface area contributed by atoms with Crippen molar-refractivity contribution in [1.29, 1.82) is 0 Å². The lowest BCUT2D eigenvalue weighted by atomic mass is 11.5. The van der Waals surface area contributed by atoms with Crippen LogP contribution in [0.5, 0.6) is 0 Å². The fourth-order valence-corrected chi connectivity index (χ4v) is 0.189.